The lowest BCUT2D eigenvalue weighted by Crippen LogP contribution is -2.22. The fraction of sp³-hybridized carbons (Fsp3) is 0.143. The van der Waals surface area contributed by atoms with Crippen LogP contribution in [0.5, 0.6) is 0 Å². The van der Waals surface area contributed by atoms with Crippen LogP contribution in [-0.2, 0) is 6.54 Å². The molecule has 19 heavy (non-hydrogen) atoms. The summed E-state index contributed by atoms with van der Waals surface area (Å²) in [6.45, 7) is 2.15. The molecule has 0 aliphatic carbocycles. The Bertz CT molecular complexity index is 677. The van der Waals surface area contributed by atoms with Gasteiger partial charge >= 0.3 is 0 Å². The summed E-state index contributed by atoms with van der Waals surface area (Å²) >= 11 is 5.81. The van der Waals surface area contributed by atoms with Crippen LogP contribution in [0.3, 0.4) is 0 Å². The molecule has 5 heteroatoms. The Kier molecular flexibility index (Phi) is 3.81. The molecule has 0 radical (unpaired) electrons. The van der Waals surface area contributed by atoms with Gasteiger partial charge in [-0.2, -0.15) is 0 Å². The zero-order chi connectivity index (χ0) is 14.0. The van der Waals surface area contributed by atoms with Crippen molar-refractivity contribution in [3.63, 3.8) is 0 Å². The number of benzene rings is 1. The summed E-state index contributed by atoms with van der Waals surface area (Å²) in [5.41, 5.74) is 0.984. The molecule has 0 amide bonds. The van der Waals surface area contributed by atoms with Crippen molar-refractivity contribution in [1.29, 1.82) is 0 Å². The first-order valence-electron chi connectivity index (χ1n) is 5.73. The third-order valence-electron chi connectivity index (χ3n) is 2.84. The zero-order valence-corrected chi connectivity index (χ0v) is 10.9. The van der Waals surface area contributed by atoms with Gasteiger partial charge in [-0.05, 0) is 42.8 Å². The highest BCUT2D eigenvalue weighted by atomic mass is 35.5. The molecule has 0 atom stereocenters. The quantitative estimate of drug-likeness (QED) is 0.810. The van der Waals surface area contributed by atoms with Gasteiger partial charge in [0.2, 0.25) is 0 Å². The minimum atomic E-state index is -0.379. The van der Waals surface area contributed by atoms with Gasteiger partial charge in [-0.3, -0.25) is 9.59 Å². The first-order valence-corrected chi connectivity index (χ1v) is 6.10. The van der Waals surface area contributed by atoms with Crippen LogP contribution in [0.4, 0.5) is 4.39 Å². The Labute approximate surface area is 114 Å². The van der Waals surface area contributed by atoms with Crippen LogP contribution < -0.4 is 5.56 Å². The van der Waals surface area contributed by atoms with Gasteiger partial charge in [-0.25, -0.2) is 4.39 Å². The van der Waals surface area contributed by atoms with E-state index in [4.69, 9.17) is 11.6 Å². The minimum absolute atomic E-state index is 0.00480. The van der Waals surface area contributed by atoms with Crippen LogP contribution in [0, 0.1) is 5.82 Å². The van der Waals surface area contributed by atoms with Crippen molar-refractivity contribution < 1.29 is 9.18 Å². The van der Waals surface area contributed by atoms with E-state index in [0.29, 0.717) is 29.7 Å². The summed E-state index contributed by atoms with van der Waals surface area (Å²) in [5.74, 6) is -0.379. The van der Waals surface area contributed by atoms with Gasteiger partial charge in [0.25, 0.3) is 5.56 Å². The minimum Gasteiger partial charge on any atom is -0.307 e. The number of aldehydes is 1. The largest absolute Gasteiger partial charge is 0.307 e. The number of hydrogen-bond acceptors (Lipinski definition) is 2. The van der Waals surface area contributed by atoms with Crippen molar-refractivity contribution in [3.05, 3.63) is 57.1 Å². The first kappa shape index (κ1) is 13.5. The molecule has 98 valence electrons. The molecular weight excluding hydrogens is 269 g/mol. The second-order valence-corrected chi connectivity index (χ2v) is 4.38. The van der Waals surface area contributed by atoms with E-state index >= 15 is 0 Å². The van der Waals surface area contributed by atoms with E-state index in [1.165, 1.54) is 34.9 Å². The molecule has 1 aromatic carbocycles. The molecule has 0 N–H and O–H groups in total. The molecule has 2 aromatic rings. The predicted molar refractivity (Wildman–Crippen MR) is 72.2 cm³/mol. The second-order valence-electron chi connectivity index (χ2n) is 3.97. The number of nitrogens with zero attached hydrogens (tertiary/aromatic N) is 1. The second kappa shape index (κ2) is 5.36. The molecule has 0 aliphatic rings. The maximum atomic E-state index is 13.0. The standard InChI is InChI=1S/C14H11ClFNO2/c1-2-17-13(9-3-5-11(16)6-4-9)10(8-18)7-12(15)14(17)19/h3-8H,2H2,1H3. The normalized spacial score (nSPS) is 10.5. The van der Waals surface area contributed by atoms with E-state index in [9.17, 15) is 14.0 Å². The molecule has 1 aromatic heterocycles. The predicted octanol–water partition coefficient (Wildman–Crippen LogP) is 3.14. The third-order valence-corrected chi connectivity index (χ3v) is 3.11. The van der Waals surface area contributed by atoms with E-state index in [1.807, 2.05) is 0 Å². The third kappa shape index (κ3) is 2.44. The summed E-state index contributed by atoms with van der Waals surface area (Å²) in [4.78, 5) is 23.1. The van der Waals surface area contributed by atoms with Crippen LogP contribution in [0.2, 0.25) is 5.02 Å². The lowest BCUT2D eigenvalue weighted by atomic mass is 10.1. The van der Waals surface area contributed by atoms with E-state index in [2.05, 4.69) is 0 Å². The van der Waals surface area contributed by atoms with E-state index in [-0.39, 0.29) is 16.4 Å². The van der Waals surface area contributed by atoms with Gasteiger partial charge in [0.05, 0.1) is 5.69 Å². The van der Waals surface area contributed by atoms with Crippen molar-refractivity contribution in [2.75, 3.05) is 0 Å². The Hall–Kier alpha value is -1.94. The molecule has 2 rings (SSSR count). The van der Waals surface area contributed by atoms with Crippen molar-refractivity contribution >= 4 is 17.9 Å². The topological polar surface area (TPSA) is 39.1 Å². The summed E-state index contributed by atoms with van der Waals surface area (Å²) in [5, 5.41) is -0.00480. The summed E-state index contributed by atoms with van der Waals surface area (Å²) in [7, 11) is 0. The van der Waals surface area contributed by atoms with Gasteiger partial charge in [0.1, 0.15) is 10.8 Å². The number of carbonyl (C=O) groups excluding carboxylic acids is 1. The molecule has 0 unspecified atom stereocenters. The van der Waals surface area contributed by atoms with Crippen LogP contribution in [-0.4, -0.2) is 10.9 Å². The van der Waals surface area contributed by atoms with E-state index in [1.54, 1.807) is 6.92 Å². The van der Waals surface area contributed by atoms with Gasteiger partial charge in [0.15, 0.2) is 6.29 Å². The average molecular weight is 280 g/mol. The van der Waals surface area contributed by atoms with Crippen LogP contribution in [0.15, 0.2) is 35.1 Å². The highest BCUT2D eigenvalue weighted by Gasteiger charge is 2.14. The molecule has 0 aliphatic heterocycles. The average Bonchev–Trinajstić information content (AvgIpc) is 2.42. The molecule has 0 saturated heterocycles. The lowest BCUT2D eigenvalue weighted by molar-refractivity contribution is 0.112. The summed E-state index contributed by atoms with van der Waals surface area (Å²) in [6.07, 6.45) is 0.635. The summed E-state index contributed by atoms with van der Waals surface area (Å²) < 4.78 is 14.4. The number of carbonyl (C=O) groups is 1. The monoisotopic (exact) mass is 279 g/mol. The van der Waals surface area contributed by atoms with Gasteiger partial charge in [0, 0.05) is 12.1 Å². The molecule has 0 spiro atoms. The Balaban J connectivity index is 2.80. The van der Waals surface area contributed by atoms with Crippen molar-refractivity contribution in [3.8, 4) is 11.3 Å². The van der Waals surface area contributed by atoms with Crippen LogP contribution in [0.25, 0.3) is 11.3 Å². The number of halogens is 2. The number of rotatable bonds is 3. The van der Waals surface area contributed by atoms with Gasteiger partial charge < -0.3 is 4.57 Å². The molecule has 0 fully saturated rings. The fourth-order valence-corrected chi connectivity index (χ4v) is 2.19. The zero-order valence-electron chi connectivity index (χ0n) is 10.2. The number of aromatic nitrogens is 1. The molecular formula is C14H11ClFNO2. The SMILES string of the molecule is CCn1c(-c2ccc(F)cc2)c(C=O)cc(Cl)c1=O. The maximum Gasteiger partial charge on any atom is 0.269 e. The van der Waals surface area contributed by atoms with E-state index < -0.39 is 0 Å². The number of pyridine rings is 1. The Morgan fingerprint density at radius 1 is 1.32 bits per heavy atom. The lowest BCUT2D eigenvalue weighted by Gasteiger charge is -2.14. The Morgan fingerprint density at radius 2 is 1.95 bits per heavy atom. The first-order chi connectivity index (χ1) is 9.08. The maximum absolute atomic E-state index is 13.0. The van der Waals surface area contributed by atoms with E-state index in [0.717, 1.165) is 0 Å². The van der Waals surface area contributed by atoms with Crippen molar-refractivity contribution in [2.24, 2.45) is 0 Å². The van der Waals surface area contributed by atoms with Crippen molar-refractivity contribution in [1.82, 2.24) is 4.57 Å². The highest BCUT2D eigenvalue weighted by molar-refractivity contribution is 6.30. The Morgan fingerprint density at radius 3 is 2.47 bits per heavy atom. The number of hydrogen-bond donors (Lipinski definition) is 0. The molecule has 0 bridgehead atoms. The molecule has 3 nitrogen and oxygen atoms in total. The van der Waals surface area contributed by atoms with Gasteiger partial charge in [-0.15, -0.1) is 0 Å². The molecule has 0 saturated carbocycles. The van der Waals surface area contributed by atoms with Crippen LogP contribution >= 0.6 is 11.6 Å². The smallest absolute Gasteiger partial charge is 0.269 e. The molecule has 1 heterocycles. The fourth-order valence-electron chi connectivity index (χ4n) is 1.97. The van der Waals surface area contributed by atoms with Crippen molar-refractivity contribution in [2.45, 2.75) is 13.5 Å². The summed E-state index contributed by atoms with van der Waals surface area (Å²) in [6, 6.07) is 6.95. The van der Waals surface area contributed by atoms with Gasteiger partial charge in [-0.1, -0.05) is 11.6 Å². The highest BCUT2D eigenvalue weighted by Crippen LogP contribution is 2.23. The van der Waals surface area contributed by atoms with Crippen LogP contribution in [0.1, 0.15) is 17.3 Å².